The van der Waals surface area contributed by atoms with Gasteiger partial charge in [0.15, 0.2) is 5.76 Å². The number of aromatic carboxylic acids is 1. The van der Waals surface area contributed by atoms with Crippen LogP contribution in [0.4, 0.5) is 0 Å². The highest BCUT2D eigenvalue weighted by molar-refractivity contribution is 6.33. The van der Waals surface area contributed by atoms with Gasteiger partial charge in [-0.3, -0.25) is 9.59 Å². The summed E-state index contributed by atoms with van der Waals surface area (Å²) in [4.78, 5) is 37.1. The van der Waals surface area contributed by atoms with Gasteiger partial charge in [-0.05, 0) is 6.92 Å². The topological polar surface area (TPSA) is 125 Å². The summed E-state index contributed by atoms with van der Waals surface area (Å²) in [6, 6.07) is 6.18. The number of carboxylic acid groups (broad SMARTS) is 1. The number of aryl methyl sites for hydroxylation is 1. The first kappa shape index (κ1) is 14.9. The fourth-order valence-corrected chi connectivity index (χ4v) is 3.26. The summed E-state index contributed by atoms with van der Waals surface area (Å²) < 4.78 is 5.20. The summed E-state index contributed by atoms with van der Waals surface area (Å²) in [5, 5.41) is 30.7. The van der Waals surface area contributed by atoms with Crippen molar-refractivity contribution in [2.45, 2.75) is 6.92 Å². The monoisotopic (exact) mass is 338 g/mol. The van der Waals surface area contributed by atoms with E-state index in [1.165, 1.54) is 19.1 Å². The summed E-state index contributed by atoms with van der Waals surface area (Å²) in [5.74, 6) is -4.64. The molecule has 0 saturated carbocycles. The molecule has 0 unspecified atom stereocenters. The Morgan fingerprint density at radius 3 is 1.96 bits per heavy atom. The summed E-state index contributed by atoms with van der Waals surface area (Å²) in [5.41, 5.74) is -1.64. The van der Waals surface area contributed by atoms with Gasteiger partial charge in [0.25, 0.3) is 0 Å². The van der Waals surface area contributed by atoms with E-state index < -0.39 is 51.5 Å². The minimum atomic E-state index is -1.42. The van der Waals surface area contributed by atoms with Gasteiger partial charge in [0.1, 0.15) is 22.8 Å². The molecule has 7 nitrogen and oxygen atoms in total. The molecule has 1 aromatic heterocycles. The van der Waals surface area contributed by atoms with Crippen LogP contribution in [0.25, 0.3) is 10.8 Å². The molecule has 1 aliphatic rings. The van der Waals surface area contributed by atoms with Gasteiger partial charge in [-0.1, -0.05) is 24.3 Å². The van der Waals surface area contributed by atoms with Crippen LogP contribution in [0.15, 0.2) is 28.7 Å². The molecular formula is C18H10O7. The third kappa shape index (κ3) is 1.72. The molecule has 4 rings (SSSR count). The number of fused-ring (bicyclic) bond motifs is 3. The van der Waals surface area contributed by atoms with E-state index in [0.29, 0.717) is 0 Å². The third-order valence-corrected chi connectivity index (χ3v) is 4.35. The van der Waals surface area contributed by atoms with Crippen molar-refractivity contribution in [3.8, 4) is 11.5 Å². The Bertz CT molecular complexity index is 1130. The fraction of sp³-hybridized carbons (Fsp3) is 0.0556. The van der Waals surface area contributed by atoms with E-state index in [1.807, 2.05) is 0 Å². The van der Waals surface area contributed by atoms with Crippen molar-refractivity contribution in [3.63, 3.8) is 0 Å². The molecule has 0 spiro atoms. The number of furan rings is 1. The van der Waals surface area contributed by atoms with Gasteiger partial charge in [0.2, 0.25) is 11.6 Å². The van der Waals surface area contributed by atoms with Crippen LogP contribution < -0.4 is 0 Å². The van der Waals surface area contributed by atoms with Gasteiger partial charge in [-0.15, -0.1) is 0 Å². The molecule has 0 atom stereocenters. The average molecular weight is 338 g/mol. The summed E-state index contributed by atoms with van der Waals surface area (Å²) in [7, 11) is 0. The van der Waals surface area contributed by atoms with E-state index in [-0.39, 0.29) is 22.1 Å². The van der Waals surface area contributed by atoms with E-state index in [0.717, 1.165) is 0 Å². The number of benzene rings is 2. The Labute approximate surface area is 139 Å². The highest BCUT2D eigenvalue weighted by Gasteiger charge is 2.42. The molecule has 124 valence electrons. The maximum Gasteiger partial charge on any atom is 0.340 e. The molecule has 3 aromatic rings. The lowest BCUT2D eigenvalue weighted by atomic mass is 9.83. The minimum absolute atomic E-state index is 0.101. The van der Waals surface area contributed by atoms with Crippen LogP contribution in [0.2, 0.25) is 0 Å². The second-order valence-corrected chi connectivity index (χ2v) is 5.69. The predicted octanol–water partition coefficient (Wildman–Crippen LogP) is 2.63. The number of ketones is 2. The molecule has 0 aliphatic heterocycles. The Balaban J connectivity index is 2.17. The van der Waals surface area contributed by atoms with Crippen molar-refractivity contribution < 1.29 is 34.1 Å². The van der Waals surface area contributed by atoms with Crippen LogP contribution >= 0.6 is 0 Å². The summed E-state index contributed by atoms with van der Waals surface area (Å²) in [6.07, 6.45) is 0. The Kier molecular flexibility index (Phi) is 2.81. The standard InChI is InChI=1S/C18H10O7/c1-6-9(18(23)24)12-15(21)10-11(16(22)17(12)25-6)14(20)8-5-3-2-4-7(8)13(10)19/h2-5,19-20H,1H3,(H,23,24). The van der Waals surface area contributed by atoms with Crippen LogP contribution in [0.3, 0.4) is 0 Å². The van der Waals surface area contributed by atoms with Crippen LogP contribution in [0.1, 0.15) is 48.2 Å². The van der Waals surface area contributed by atoms with Crippen molar-refractivity contribution in [2.24, 2.45) is 0 Å². The average Bonchev–Trinajstić information content (AvgIpc) is 2.94. The molecule has 25 heavy (non-hydrogen) atoms. The lowest BCUT2D eigenvalue weighted by molar-refractivity contribution is 0.0691. The van der Waals surface area contributed by atoms with Gasteiger partial charge < -0.3 is 19.7 Å². The summed E-state index contributed by atoms with van der Waals surface area (Å²) in [6.45, 7) is 1.32. The first-order chi connectivity index (χ1) is 11.8. The normalized spacial score (nSPS) is 13.0. The number of carbonyl (C=O) groups excluding carboxylic acids is 2. The third-order valence-electron chi connectivity index (χ3n) is 4.35. The lowest BCUT2D eigenvalue weighted by Gasteiger charge is -2.18. The zero-order valence-electron chi connectivity index (χ0n) is 12.8. The molecule has 0 radical (unpaired) electrons. The van der Waals surface area contributed by atoms with Crippen molar-refractivity contribution in [1.82, 2.24) is 0 Å². The lowest BCUT2D eigenvalue weighted by Crippen LogP contribution is -2.22. The predicted molar refractivity (Wildman–Crippen MR) is 84.5 cm³/mol. The number of rotatable bonds is 1. The van der Waals surface area contributed by atoms with Crippen LogP contribution in [-0.2, 0) is 0 Å². The largest absolute Gasteiger partial charge is 0.506 e. The summed E-state index contributed by atoms with van der Waals surface area (Å²) >= 11 is 0. The number of carbonyl (C=O) groups is 3. The van der Waals surface area contributed by atoms with E-state index in [4.69, 9.17) is 4.42 Å². The zero-order valence-corrected chi connectivity index (χ0v) is 12.8. The SMILES string of the molecule is Cc1oc2c(c1C(=O)O)C(=O)c1c(c(O)c3ccccc3c1O)C2=O. The molecule has 3 N–H and O–H groups in total. The molecule has 1 aliphatic carbocycles. The van der Waals surface area contributed by atoms with Crippen molar-refractivity contribution in [1.29, 1.82) is 0 Å². The highest BCUT2D eigenvalue weighted by Crippen LogP contribution is 2.45. The quantitative estimate of drug-likeness (QED) is 0.456. The number of hydrogen-bond donors (Lipinski definition) is 3. The molecular weight excluding hydrogens is 328 g/mol. The number of phenolic OH excluding ortho intramolecular Hbond substituents is 2. The number of phenols is 2. The van der Waals surface area contributed by atoms with E-state index in [9.17, 15) is 29.7 Å². The smallest absolute Gasteiger partial charge is 0.340 e. The number of carboxylic acids is 1. The maximum atomic E-state index is 12.9. The number of hydrogen-bond acceptors (Lipinski definition) is 6. The van der Waals surface area contributed by atoms with Gasteiger partial charge in [-0.2, -0.15) is 0 Å². The molecule has 0 amide bonds. The first-order valence-electron chi connectivity index (χ1n) is 7.27. The maximum absolute atomic E-state index is 12.9. The van der Waals surface area contributed by atoms with Crippen LogP contribution in [0.5, 0.6) is 11.5 Å². The van der Waals surface area contributed by atoms with E-state index in [1.54, 1.807) is 12.1 Å². The second kappa shape index (κ2) is 4.70. The first-order valence-corrected chi connectivity index (χ1v) is 7.27. The molecule has 1 heterocycles. The van der Waals surface area contributed by atoms with Crippen molar-refractivity contribution in [3.05, 3.63) is 58.0 Å². The highest BCUT2D eigenvalue weighted by atomic mass is 16.4. The van der Waals surface area contributed by atoms with Crippen LogP contribution in [-0.4, -0.2) is 32.9 Å². The Morgan fingerprint density at radius 2 is 1.44 bits per heavy atom. The van der Waals surface area contributed by atoms with Crippen molar-refractivity contribution >= 4 is 28.3 Å². The van der Waals surface area contributed by atoms with Crippen molar-refractivity contribution in [2.75, 3.05) is 0 Å². The fourth-order valence-electron chi connectivity index (χ4n) is 3.26. The van der Waals surface area contributed by atoms with Gasteiger partial charge in [0.05, 0.1) is 16.7 Å². The Hall–Kier alpha value is -3.61. The molecule has 0 fully saturated rings. The number of aromatic hydroxyl groups is 2. The molecule has 0 saturated heterocycles. The van der Waals surface area contributed by atoms with Crippen LogP contribution in [0, 0.1) is 6.92 Å². The van der Waals surface area contributed by atoms with Gasteiger partial charge in [-0.25, -0.2) is 4.79 Å². The van der Waals surface area contributed by atoms with E-state index >= 15 is 0 Å². The molecule has 2 aromatic carbocycles. The molecule has 7 heteroatoms. The van der Waals surface area contributed by atoms with E-state index in [2.05, 4.69) is 0 Å². The van der Waals surface area contributed by atoms with Gasteiger partial charge >= 0.3 is 5.97 Å². The minimum Gasteiger partial charge on any atom is -0.506 e. The van der Waals surface area contributed by atoms with Gasteiger partial charge in [0, 0.05) is 10.8 Å². The zero-order chi connectivity index (χ0) is 18.0. The molecule has 0 bridgehead atoms. The second-order valence-electron chi connectivity index (χ2n) is 5.69. The Morgan fingerprint density at radius 1 is 0.920 bits per heavy atom.